The number of likely N-dealkylation sites (N-methyl/N-ethyl adjacent to an activating group) is 1. The highest BCUT2D eigenvalue weighted by Crippen LogP contribution is 2.24. The van der Waals surface area contributed by atoms with Crippen molar-refractivity contribution in [2.45, 2.75) is 18.9 Å². The number of nitrogens with one attached hydrogen (secondary N) is 1. The van der Waals surface area contributed by atoms with Crippen molar-refractivity contribution in [3.05, 3.63) is 35.9 Å². The summed E-state index contributed by atoms with van der Waals surface area (Å²) in [5.74, 6) is 1.66. The molecule has 164 valence electrons. The molecular formula is C22H38IN5O. The van der Waals surface area contributed by atoms with Crippen LogP contribution < -0.4 is 5.32 Å². The second-order valence-corrected chi connectivity index (χ2v) is 8.11. The third kappa shape index (κ3) is 7.08. The maximum Gasteiger partial charge on any atom is 0.193 e. The number of aliphatic imine (C=N–C) groups is 1. The van der Waals surface area contributed by atoms with E-state index in [1.165, 1.54) is 12.0 Å². The third-order valence-electron chi connectivity index (χ3n) is 5.98. The van der Waals surface area contributed by atoms with E-state index in [0.29, 0.717) is 12.0 Å². The van der Waals surface area contributed by atoms with Gasteiger partial charge in [-0.25, -0.2) is 0 Å². The zero-order valence-corrected chi connectivity index (χ0v) is 20.5. The Morgan fingerprint density at radius 2 is 1.97 bits per heavy atom. The monoisotopic (exact) mass is 515 g/mol. The van der Waals surface area contributed by atoms with Crippen LogP contribution in [0.25, 0.3) is 0 Å². The van der Waals surface area contributed by atoms with Gasteiger partial charge in [-0.2, -0.15) is 0 Å². The quantitative estimate of drug-likeness (QED) is 0.262. The Kier molecular flexibility index (Phi) is 10.7. The Bertz CT molecular complexity index is 614. The van der Waals surface area contributed by atoms with Crippen LogP contribution in [0.2, 0.25) is 0 Å². The number of likely N-dealkylation sites (tertiary alicyclic amines) is 1. The van der Waals surface area contributed by atoms with Gasteiger partial charge >= 0.3 is 0 Å². The lowest BCUT2D eigenvalue weighted by Gasteiger charge is -2.40. The highest BCUT2D eigenvalue weighted by molar-refractivity contribution is 14.0. The molecule has 29 heavy (non-hydrogen) atoms. The van der Waals surface area contributed by atoms with Crippen LogP contribution in [-0.4, -0.2) is 94.3 Å². The van der Waals surface area contributed by atoms with Crippen molar-refractivity contribution in [2.24, 2.45) is 10.9 Å². The molecule has 2 aliphatic heterocycles. The van der Waals surface area contributed by atoms with Gasteiger partial charge in [-0.1, -0.05) is 30.3 Å². The molecule has 2 aliphatic rings. The summed E-state index contributed by atoms with van der Waals surface area (Å²) in [7, 11) is 5.90. The number of hydrogen-bond acceptors (Lipinski definition) is 4. The van der Waals surface area contributed by atoms with Crippen LogP contribution in [0, 0.1) is 5.92 Å². The lowest BCUT2D eigenvalue weighted by molar-refractivity contribution is 0.0891. The summed E-state index contributed by atoms with van der Waals surface area (Å²) in [6.45, 7) is 8.42. The minimum absolute atomic E-state index is 0. The molecule has 2 unspecified atom stereocenters. The van der Waals surface area contributed by atoms with Gasteiger partial charge in [-0.15, -0.1) is 24.0 Å². The van der Waals surface area contributed by atoms with Crippen LogP contribution in [0.4, 0.5) is 0 Å². The van der Waals surface area contributed by atoms with Crippen molar-refractivity contribution in [1.29, 1.82) is 0 Å². The zero-order chi connectivity index (χ0) is 19.8. The molecule has 2 atom stereocenters. The van der Waals surface area contributed by atoms with Gasteiger partial charge in [0.25, 0.3) is 0 Å². The molecule has 6 nitrogen and oxygen atoms in total. The summed E-state index contributed by atoms with van der Waals surface area (Å²) in [5, 5.41) is 3.58. The Hall–Kier alpha value is -0.900. The van der Waals surface area contributed by atoms with E-state index in [4.69, 9.17) is 4.74 Å². The molecule has 1 aromatic rings. The third-order valence-corrected chi connectivity index (χ3v) is 5.98. The topological polar surface area (TPSA) is 43.3 Å². The summed E-state index contributed by atoms with van der Waals surface area (Å²) in [5.41, 5.74) is 1.43. The van der Waals surface area contributed by atoms with Crippen LogP contribution >= 0.6 is 24.0 Å². The van der Waals surface area contributed by atoms with Gasteiger partial charge in [-0.05, 0) is 25.5 Å². The van der Waals surface area contributed by atoms with Crippen LogP contribution in [0.15, 0.2) is 35.3 Å². The fraction of sp³-hybridized carbons (Fsp3) is 0.682. The first-order valence-corrected chi connectivity index (χ1v) is 10.6. The Balaban J connectivity index is 0.00000300. The van der Waals surface area contributed by atoms with E-state index in [0.717, 1.165) is 64.8 Å². The fourth-order valence-corrected chi connectivity index (χ4v) is 4.43. The average Bonchev–Trinajstić information content (AvgIpc) is 3.18. The number of guanidine groups is 1. The van der Waals surface area contributed by atoms with Gasteiger partial charge in [0, 0.05) is 71.9 Å². The molecule has 0 bridgehead atoms. The Morgan fingerprint density at radius 3 is 2.69 bits per heavy atom. The van der Waals surface area contributed by atoms with Crippen LogP contribution in [0.1, 0.15) is 24.4 Å². The second-order valence-electron chi connectivity index (χ2n) is 8.11. The first-order valence-electron chi connectivity index (χ1n) is 10.6. The number of hydrogen-bond donors (Lipinski definition) is 1. The van der Waals surface area contributed by atoms with Gasteiger partial charge < -0.3 is 19.9 Å². The van der Waals surface area contributed by atoms with Crippen molar-refractivity contribution in [3.63, 3.8) is 0 Å². The summed E-state index contributed by atoms with van der Waals surface area (Å²) >= 11 is 0. The molecule has 0 amide bonds. The standard InChI is InChI=1S/C22H37N5O.HI/c1-23-22(27-13-10-19(16-27)18-28-3)24-11-7-12-26-15-14-25(2)17-21(26)20-8-5-4-6-9-20;/h4-6,8-9,19,21H,7,10-18H2,1-3H3,(H,23,24);1H. The molecule has 2 saturated heterocycles. The van der Waals surface area contributed by atoms with E-state index >= 15 is 0 Å². The van der Waals surface area contributed by atoms with Crippen molar-refractivity contribution in [1.82, 2.24) is 20.0 Å². The van der Waals surface area contributed by atoms with Gasteiger partial charge in [0.15, 0.2) is 5.96 Å². The number of nitrogens with zero attached hydrogens (tertiary/aromatic N) is 4. The van der Waals surface area contributed by atoms with Crippen LogP contribution in [-0.2, 0) is 4.74 Å². The van der Waals surface area contributed by atoms with Crippen LogP contribution in [0.5, 0.6) is 0 Å². The number of benzene rings is 1. The molecule has 0 radical (unpaired) electrons. The van der Waals surface area contributed by atoms with Crippen molar-refractivity contribution >= 4 is 29.9 Å². The van der Waals surface area contributed by atoms with E-state index in [-0.39, 0.29) is 24.0 Å². The van der Waals surface area contributed by atoms with Crippen LogP contribution in [0.3, 0.4) is 0 Å². The lowest BCUT2D eigenvalue weighted by atomic mass is 10.0. The first kappa shape index (κ1) is 24.4. The number of halogens is 1. The first-order chi connectivity index (χ1) is 13.7. The summed E-state index contributed by atoms with van der Waals surface area (Å²) in [6.07, 6.45) is 2.32. The largest absolute Gasteiger partial charge is 0.384 e. The Labute approximate surface area is 193 Å². The summed E-state index contributed by atoms with van der Waals surface area (Å²) in [4.78, 5) is 11.9. The predicted octanol–water partition coefficient (Wildman–Crippen LogP) is 2.53. The van der Waals surface area contributed by atoms with Gasteiger partial charge in [0.2, 0.25) is 0 Å². The van der Waals surface area contributed by atoms with Gasteiger partial charge in [0.05, 0.1) is 6.61 Å². The van der Waals surface area contributed by atoms with Crippen molar-refractivity contribution in [3.8, 4) is 0 Å². The molecule has 0 spiro atoms. The molecule has 7 heteroatoms. The van der Waals surface area contributed by atoms with E-state index < -0.39 is 0 Å². The fourth-order valence-electron chi connectivity index (χ4n) is 4.43. The Morgan fingerprint density at radius 1 is 1.17 bits per heavy atom. The maximum absolute atomic E-state index is 5.31. The number of piperazine rings is 1. The average molecular weight is 515 g/mol. The number of methoxy groups -OCH3 is 1. The van der Waals surface area contributed by atoms with Crippen molar-refractivity contribution < 1.29 is 4.74 Å². The zero-order valence-electron chi connectivity index (χ0n) is 18.2. The molecule has 0 saturated carbocycles. The number of rotatable bonds is 7. The minimum atomic E-state index is 0. The van der Waals surface area contributed by atoms with E-state index in [2.05, 4.69) is 62.4 Å². The van der Waals surface area contributed by atoms with E-state index in [9.17, 15) is 0 Å². The molecule has 2 fully saturated rings. The molecule has 3 rings (SSSR count). The molecule has 0 aliphatic carbocycles. The number of ether oxygens (including phenoxy) is 1. The molecule has 1 aromatic carbocycles. The van der Waals surface area contributed by atoms with E-state index in [1.54, 1.807) is 7.11 Å². The predicted molar refractivity (Wildman–Crippen MR) is 131 cm³/mol. The minimum Gasteiger partial charge on any atom is -0.384 e. The molecule has 2 heterocycles. The highest BCUT2D eigenvalue weighted by Gasteiger charge is 2.27. The SMILES string of the molecule is CN=C(NCCCN1CCN(C)CC1c1ccccc1)N1CCC(COC)C1.I. The smallest absolute Gasteiger partial charge is 0.193 e. The van der Waals surface area contributed by atoms with Gasteiger partial charge in [0.1, 0.15) is 0 Å². The lowest BCUT2D eigenvalue weighted by Crippen LogP contribution is -2.47. The highest BCUT2D eigenvalue weighted by atomic mass is 127. The molecule has 0 aromatic heterocycles. The van der Waals surface area contributed by atoms with Gasteiger partial charge in [-0.3, -0.25) is 9.89 Å². The maximum atomic E-state index is 5.31. The van der Waals surface area contributed by atoms with E-state index in [1.807, 2.05) is 7.05 Å². The summed E-state index contributed by atoms with van der Waals surface area (Å²) < 4.78 is 5.31. The normalized spacial score (nSPS) is 23.8. The second kappa shape index (κ2) is 12.7. The molecular weight excluding hydrogens is 477 g/mol. The molecule has 1 N–H and O–H groups in total. The summed E-state index contributed by atoms with van der Waals surface area (Å²) in [6, 6.07) is 11.4. The van der Waals surface area contributed by atoms with Crippen molar-refractivity contribution in [2.75, 3.05) is 73.6 Å².